The Balaban J connectivity index is 3.15. The first-order chi connectivity index (χ1) is 6.04. The molecule has 3 heteroatoms. The van der Waals surface area contributed by atoms with Crippen LogP contribution in [0.2, 0.25) is 5.02 Å². The van der Waals surface area contributed by atoms with Crippen LogP contribution in [0.4, 0.5) is 0 Å². The second-order valence-corrected chi connectivity index (χ2v) is 3.95. The molecule has 0 fully saturated rings. The third kappa shape index (κ3) is 2.23. The van der Waals surface area contributed by atoms with Crippen LogP contribution in [0.5, 0.6) is 0 Å². The largest absolute Gasteiger partial charge is 0.292 e. The fourth-order valence-corrected chi connectivity index (χ4v) is 1.39. The normalized spacial score (nSPS) is 12.6. The zero-order valence-corrected chi connectivity index (χ0v) is 8.99. The lowest BCUT2D eigenvalue weighted by molar-refractivity contribution is 0.0992. The molecule has 1 aromatic rings. The number of halogens is 2. The number of benzene rings is 1. The molecule has 0 N–H and O–H groups in total. The number of rotatable bonds is 2. The molecular weight excluding hydrogens is 207 g/mol. The lowest BCUT2D eigenvalue weighted by Gasteiger charge is -2.06. The second-order valence-electron chi connectivity index (χ2n) is 2.92. The van der Waals surface area contributed by atoms with Gasteiger partial charge in [-0.3, -0.25) is 4.79 Å². The molecule has 1 unspecified atom stereocenters. The predicted molar refractivity (Wildman–Crippen MR) is 55.8 cm³/mol. The summed E-state index contributed by atoms with van der Waals surface area (Å²) in [6, 6.07) is 5.35. The first-order valence-corrected chi connectivity index (χ1v) is 4.79. The van der Waals surface area contributed by atoms with Crippen molar-refractivity contribution in [2.75, 3.05) is 0 Å². The van der Waals surface area contributed by atoms with Crippen molar-refractivity contribution in [3.8, 4) is 0 Å². The highest BCUT2D eigenvalue weighted by molar-refractivity contribution is 6.39. The SMILES string of the molecule is Cc1cccc(C(=O)C(C)Cl)c1Cl. The van der Waals surface area contributed by atoms with Crippen molar-refractivity contribution < 1.29 is 4.79 Å². The first kappa shape index (κ1) is 10.6. The maximum absolute atomic E-state index is 11.5. The molecular formula is C10H10Cl2O. The van der Waals surface area contributed by atoms with Gasteiger partial charge in [-0.25, -0.2) is 0 Å². The molecule has 0 amide bonds. The van der Waals surface area contributed by atoms with Crippen molar-refractivity contribution in [3.05, 3.63) is 34.3 Å². The van der Waals surface area contributed by atoms with Gasteiger partial charge in [0.2, 0.25) is 0 Å². The van der Waals surface area contributed by atoms with Gasteiger partial charge >= 0.3 is 0 Å². The second kappa shape index (κ2) is 4.12. The Morgan fingerprint density at radius 3 is 2.62 bits per heavy atom. The van der Waals surface area contributed by atoms with Crippen LogP contribution in [-0.2, 0) is 0 Å². The number of alkyl halides is 1. The van der Waals surface area contributed by atoms with Crippen molar-refractivity contribution >= 4 is 29.0 Å². The van der Waals surface area contributed by atoms with Gasteiger partial charge in [-0.2, -0.15) is 0 Å². The molecule has 1 atom stereocenters. The summed E-state index contributed by atoms with van der Waals surface area (Å²) in [5, 5.41) is -0.0284. The summed E-state index contributed by atoms with van der Waals surface area (Å²) in [5.74, 6) is -0.129. The van der Waals surface area contributed by atoms with Crippen LogP contribution in [0.1, 0.15) is 22.8 Å². The quantitative estimate of drug-likeness (QED) is 0.547. The summed E-state index contributed by atoms with van der Waals surface area (Å²) in [5.41, 5.74) is 1.40. The molecule has 0 heterocycles. The van der Waals surface area contributed by atoms with Gasteiger partial charge in [0.15, 0.2) is 5.78 Å². The Hall–Kier alpha value is -0.530. The van der Waals surface area contributed by atoms with Crippen LogP contribution < -0.4 is 0 Å². The van der Waals surface area contributed by atoms with Crippen molar-refractivity contribution in [1.29, 1.82) is 0 Å². The van der Waals surface area contributed by atoms with E-state index in [1.807, 2.05) is 13.0 Å². The monoisotopic (exact) mass is 216 g/mol. The minimum Gasteiger partial charge on any atom is -0.292 e. The van der Waals surface area contributed by atoms with Gasteiger partial charge in [-0.15, -0.1) is 11.6 Å². The van der Waals surface area contributed by atoms with Crippen LogP contribution in [0.15, 0.2) is 18.2 Å². The topological polar surface area (TPSA) is 17.1 Å². The fourth-order valence-electron chi connectivity index (χ4n) is 1.05. The minimum atomic E-state index is -0.528. The molecule has 70 valence electrons. The zero-order valence-electron chi connectivity index (χ0n) is 7.47. The fraction of sp³-hybridized carbons (Fsp3) is 0.300. The lowest BCUT2D eigenvalue weighted by Crippen LogP contribution is -2.11. The molecule has 1 rings (SSSR count). The maximum Gasteiger partial charge on any atom is 0.181 e. The van der Waals surface area contributed by atoms with E-state index >= 15 is 0 Å². The number of ketones is 1. The summed E-state index contributed by atoms with van der Waals surface area (Å²) in [6.07, 6.45) is 0. The molecule has 0 spiro atoms. The summed E-state index contributed by atoms with van der Waals surface area (Å²) in [7, 11) is 0. The number of hydrogen-bond acceptors (Lipinski definition) is 1. The molecule has 0 aliphatic heterocycles. The Morgan fingerprint density at radius 1 is 1.46 bits per heavy atom. The number of hydrogen-bond donors (Lipinski definition) is 0. The van der Waals surface area contributed by atoms with Gasteiger partial charge in [0.1, 0.15) is 0 Å². The van der Waals surface area contributed by atoms with Gasteiger partial charge in [0, 0.05) is 5.56 Å². The van der Waals surface area contributed by atoms with Gasteiger partial charge in [0.25, 0.3) is 0 Å². The van der Waals surface area contributed by atoms with Gasteiger partial charge in [-0.1, -0.05) is 23.7 Å². The van der Waals surface area contributed by atoms with Crippen LogP contribution in [0.3, 0.4) is 0 Å². The van der Waals surface area contributed by atoms with Crippen molar-refractivity contribution in [2.24, 2.45) is 0 Å². The van der Waals surface area contributed by atoms with E-state index in [1.54, 1.807) is 19.1 Å². The van der Waals surface area contributed by atoms with Gasteiger partial charge in [0.05, 0.1) is 10.4 Å². The number of carbonyl (C=O) groups excluding carboxylic acids is 1. The van der Waals surface area contributed by atoms with E-state index in [4.69, 9.17) is 23.2 Å². The standard InChI is InChI=1S/C10H10Cl2O/c1-6-4-3-5-8(9(6)12)10(13)7(2)11/h3-5,7H,1-2H3. The molecule has 0 saturated carbocycles. The average Bonchev–Trinajstić information content (AvgIpc) is 2.08. The van der Waals surface area contributed by atoms with E-state index < -0.39 is 5.38 Å². The highest BCUT2D eigenvalue weighted by Crippen LogP contribution is 2.22. The predicted octanol–water partition coefficient (Wildman–Crippen LogP) is 3.46. The Labute approximate surface area is 87.7 Å². The third-order valence-electron chi connectivity index (χ3n) is 1.82. The Bertz CT molecular complexity index is 332. The molecule has 13 heavy (non-hydrogen) atoms. The van der Waals surface area contributed by atoms with Crippen molar-refractivity contribution in [3.63, 3.8) is 0 Å². The molecule has 1 nitrogen and oxygen atoms in total. The number of aryl methyl sites for hydroxylation is 1. The average molecular weight is 217 g/mol. The van der Waals surface area contributed by atoms with Crippen LogP contribution in [-0.4, -0.2) is 11.2 Å². The summed E-state index contributed by atoms with van der Waals surface area (Å²) in [6.45, 7) is 3.50. The molecule has 0 aliphatic carbocycles. The van der Waals surface area contributed by atoms with E-state index in [9.17, 15) is 4.79 Å². The van der Waals surface area contributed by atoms with Gasteiger partial charge in [-0.05, 0) is 25.5 Å². The number of Topliss-reactive ketones (excluding diaryl/α,β-unsaturated/α-hetero) is 1. The first-order valence-electron chi connectivity index (χ1n) is 3.97. The lowest BCUT2D eigenvalue weighted by atomic mass is 10.1. The summed E-state index contributed by atoms with van der Waals surface area (Å²) < 4.78 is 0. The van der Waals surface area contributed by atoms with Crippen molar-refractivity contribution in [1.82, 2.24) is 0 Å². The van der Waals surface area contributed by atoms with E-state index in [2.05, 4.69) is 0 Å². The highest BCUT2D eigenvalue weighted by Gasteiger charge is 2.15. The number of carbonyl (C=O) groups is 1. The van der Waals surface area contributed by atoms with E-state index in [1.165, 1.54) is 0 Å². The maximum atomic E-state index is 11.5. The molecule has 1 aromatic carbocycles. The molecule has 0 aromatic heterocycles. The zero-order chi connectivity index (χ0) is 10.0. The van der Waals surface area contributed by atoms with E-state index in [-0.39, 0.29) is 5.78 Å². The Morgan fingerprint density at radius 2 is 2.08 bits per heavy atom. The summed E-state index contributed by atoms with van der Waals surface area (Å²) >= 11 is 11.6. The highest BCUT2D eigenvalue weighted by atomic mass is 35.5. The van der Waals surface area contributed by atoms with Gasteiger partial charge < -0.3 is 0 Å². The van der Waals surface area contributed by atoms with E-state index in [0.717, 1.165) is 5.56 Å². The van der Waals surface area contributed by atoms with Crippen LogP contribution >= 0.6 is 23.2 Å². The minimum absolute atomic E-state index is 0.129. The molecule has 0 radical (unpaired) electrons. The van der Waals surface area contributed by atoms with Crippen LogP contribution in [0, 0.1) is 6.92 Å². The van der Waals surface area contributed by atoms with Crippen molar-refractivity contribution in [2.45, 2.75) is 19.2 Å². The summed E-state index contributed by atoms with van der Waals surface area (Å²) in [4.78, 5) is 11.5. The smallest absolute Gasteiger partial charge is 0.181 e. The molecule has 0 bridgehead atoms. The van der Waals surface area contributed by atoms with E-state index in [0.29, 0.717) is 10.6 Å². The van der Waals surface area contributed by atoms with Crippen LogP contribution in [0.25, 0.3) is 0 Å². The third-order valence-corrected chi connectivity index (χ3v) is 2.52. The Kier molecular flexibility index (Phi) is 3.34. The molecule has 0 saturated heterocycles. The molecule has 0 aliphatic rings.